The predicted molar refractivity (Wildman–Crippen MR) is 116 cm³/mol. The van der Waals surface area contributed by atoms with Crippen molar-refractivity contribution in [1.29, 1.82) is 0 Å². The van der Waals surface area contributed by atoms with Gasteiger partial charge < -0.3 is 19.4 Å². The van der Waals surface area contributed by atoms with E-state index in [4.69, 9.17) is 14.3 Å². The summed E-state index contributed by atoms with van der Waals surface area (Å²) in [6.45, 7) is 5.81. The number of nitrogens with zero attached hydrogens (tertiary/aromatic N) is 1. The molecular formula is C23H32N2O6. The van der Waals surface area contributed by atoms with Gasteiger partial charge in [-0.3, -0.25) is 4.79 Å². The maximum atomic E-state index is 12.1. The van der Waals surface area contributed by atoms with Gasteiger partial charge in [0.2, 0.25) is 11.7 Å². The summed E-state index contributed by atoms with van der Waals surface area (Å²) in [4.78, 5) is 23.8. The van der Waals surface area contributed by atoms with Gasteiger partial charge in [-0.1, -0.05) is 26.0 Å². The number of esters is 1. The maximum Gasteiger partial charge on any atom is 0.374 e. The molecule has 1 atom stereocenters. The van der Waals surface area contributed by atoms with Crippen LogP contribution in [0, 0.1) is 5.92 Å². The molecule has 3 N–H and O–H groups in total. The number of aliphatic hydroxyl groups is 2. The molecule has 31 heavy (non-hydrogen) atoms. The first-order valence-electron chi connectivity index (χ1n) is 10.5. The summed E-state index contributed by atoms with van der Waals surface area (Å²) in [5, 5.41) is 20.4. The molecule has 1 aromatic carbocycles. The zero-order valence-corrected chi connectivity index (χ0v) is 18.3. The molecular weight excluding hydrogens is 400 g/mol. The van der Waals surface area contributed by atoms with Crippen LogP contribution >= 0.6 is 0 Å². The average molecular weight is 433 g/mol. The highest BCUT2D eigenvalue weighted by atomic mass is 16.6. The van der Waals surface area contributed by atoms with Crippen LogP contribution in [0.4, 0.5) is 5.69 Å². The van der Waals surface area contributed by atoms with Crippen LogP contribution in [0.25, 0.3) is 0 Å². The molecule has 0 spiro atoms. The second-order valence-electron chi connectivity index (χ2n) is 7.73. The van der Waals surface area contributed by atoms with Gasteiger partial charge in [0, 0.05) is 19.9 Å². The Bertz CT molecular complexity index is 831. The molecule has 0 radical (unpaired) electrons. The third-order valence-corrected chi connectivity index (χ3v) is 4.60. The second kappa shape index (κ2) is 12.2. The fourth-order valence-corrected chi connectivity index (χ4v) is 3.10. The molecule has 8 nitrogen and oxygen atoms in total. The lowest BCUT2D eigenvalue weighted by Gasteiger charge is -2.23. The Labute approximate surface area is 182 Å². The summed E-state index contributed by atoms with van der Waals surface area (Å²) in [6, 6.07) is 10.5. The van der Waals surface area contributed by atoms with Gasteiger partial charge in [-0.25, -0.2) is 15.2 Å². The van der Waals surface area contributed by atoms with Gasteiger partial charge in [-0.15, -0.1) is 0 Å². The third-order valence-electron chi connectivity index (χ3n) is 4.60. The highest BCUT2D eigenvalue weighted by Gasteiger charge is 2.15. The number of amides is 1. The largest absolute Gasteiger partial charge is 0.457 e. The van der Waals surface area contributed by atoms with Crippen molar-refractivity contribution in [2.24, 2.45) is 5.92 Å². The van der Waals surface area contributed by atoms with Gasteiger partial charge >= 0.3 is 5.97 Å². The van der Waals surface area contributed by atoms with Crippen molar-refractivity contribution in [3.63, 3.8) is 0 Å². The van der Waals surface area contributed by atoms with E-state index in [0.29, 0.717) is 43.2 Å². The topological polar surface area (TPSA) is 112 Å². The lowest BCUT2D eigenvalue weighted by atomic mass is 9.99. The Morgan fingerprint density at radius 3 is 2.48 bits per heavy atom. The van der Waals surface area contributed by atoms with E-state index in [1.807, 2.05) is 24.3 Å². The van der Waals surface area contributed by atoms with E-state index in [9.17, 15) is 14.7 Å². The van der Waals surface area contributed by atoms with Crippen molar-refractivity contribution in [3.05, 3.63) is 53.5 Å². The molecule has 1 aromatic heterocycles. The average Bonchev–Trinajstić information content (AvgIpc) is 3.20. The quantitative estimate of drug-likeness (QED) is 0.268. The van der Waals surface area contributed by atoms with E-state index in [0.717, 1.165) is 5.56 Å². The number of hydrogen-bond donors (Lipinski definition) is 3. The van der Waals surface area contributed by atoms with Crippen molar-refractivity contribution in [2.75, 3.05) is 24.8 Å². The van der Waals surface area contributed by atoms with Crippen molar-refractivity contribution < 1.29 is 29.0 Å². The Kier molecular flexibility index (Phi) is 9.71. The van der Waals surface area contributed by atoms with E-state index in [1.165, 1.54) is 11.9 Å². The summed E-state index contributed by atoms with van der Waals surface area (Å²) in [6.07, 6.45) is 1.41. The number of carbonyl (C=O) groups excluding carboxylic acids is 2. The number of aryl methyl sites for hydroxylation is 1. The minimum absolute atomic E-state index is 0.0721. The van der Waals surface area contributed by atoms with Gasteiger partial charge in [0.15, 0.2) is 0 Å². The number of carbonyl (C=O) groups is 2. The highest BCUT2D eigenvalue weighted by Crippen LogP contribution is 2.23. The van der Waals surface area contributed by atoms with Crippen LogP contribution < -0.4 is 10.4 Å². The van der Waals surface area contributed by atoms with E-state index >= 15 is 0 Å². The van der Waals surface area contributed by atoms with Crippen LogP contribution in [0.1, 0.15) is 61.6 Å². The number of hydrazine groups is 1. The van der Waals surface area contributed by atoms with Crippen LogP contribution in [0.15, 0.2) is 40.8 Å². The molecule has 170 valence electrons. The number of hydrogen-bond acceptors (Lipinski definition) is 7. The van der Waals surface area contributed by atoms with Crippen molar-refractivity contribution in [1.82, 2.24) is 5.43 Å². The predicted octanol–water partition coefficient (Wildman–Crippen LogP) is 3.00. The van der Waals surface area contributed by atoms with Gasteiger partial charge in [0.05, 0.1) is 18.4 Å². The molecule has 0 aliphatic heterocycles. The van der Waals surface area contributed by atoms with Crippen LogP contribution in [-0.2, 0) is 16.0 Å². The molecule has 0 saturated carbocycles. The minimum atomic E-state index is -0.608. The Morgan fingerprint density at radius 2 is 1.87 bits per heavy atom. The number of aliphatic hydroxyl groups excluding tert-OH is 2. The van der Waals surface area contributed by atoms with Gasteiger partial charge in [0.1, 0.15) is 12.4 Å². The van der Waals surface area contributed by atoms with Gasteiger partial charge in [0.25, 0.3) is 0 Å². The summed E-state index contributed by atoms with van der Waals surface area (Å²) in [5.74, 6) is 0.365. The van der Waals surface area contributed by atoms with E-state index in [-0.39, 0.29) is 24.9 Å². The smallest absolute Gasteiger partial charge is 0.374 e. The number of nitrogens with one attached hydrogen (secondary N) is 1. The Morgan fingerprint density at radius 1 is 1.16 bits per heavy atom. The molecule has 2 aromatic rings. The molecule has 8 heteroatoms. The summed E-state index contributed by atoms with van der Waals surface area (Å²) >= 11 is 0. The lowest BCUT2D eigenvalue weighted by Crippen LogP contribution is -2.42. The van der Waals surface area contributed by atoms with E-state index < -0.39 is 12.1 Å². The summed E-state index contributed by atoms with van der Waals surface area (Å²) in [7, 11) is 0. The SMILES string of the molecule is CC(=O)N(NCCCc1ccc(C(=O)OCCO)o1)c1ccc(C(O)CC(C)C)cc1. The molecule has 0 saturated heterocycles. The minimum Gasteiger partial charge on any atom is -0.457 e. The van der Waals surface area contributed by atoms with Crippen LogP contribution in [0.5, 0.6) is 0 Å². The maximum absolute atomic E-state index is 12.1. The number of rotatable bonds is 12. The van der Waals surface area contributed by atoms with Crippen molar-refractivity contribution in [3.8, 4) is 0 Å². The summed E-state index contributed by atoms with van der Waals surface area (Å²) in [5.41, 5.74) is 4.62. The van der Waals surface area contributed by atoms with E-state index in [2.05, 4.69) is 19.3 Å². The molecule has 1 heterocycles. The Hall–Kier alpha value is -2.68. The molecule has 0 aliphatic carbocycles. The molecule has 1 amide bonds. The number of benzene rings is 1. The zero-order chi connectivity index (χ0) is 22.8. The lowest BCUT2D eigenvalue weighted by molar-refractivity contribution is -0.117. The van der Waals surface area contributed by atoms with Crippen molar-refractivity contribution in [2.45, 2.75) is 46.1 Å². The fraction of sp³-hybridized carbons (Fsp3) is 0.478. The number of ether oxygens (including phenoxy) is 1. The monoisotopic (exact) mass is 432 g/mol. The zero-order valence-electron chi connectivity index (χ0n) is 18.3. The second-order valence-corrected chi connectivity index (χ2v) is 7.73. The molecule has 1 unspecified atom stereocenters. The van der Waals surface area contributed by atoms with E-state index in [1.54, 1.807) is 12.1 Å². The molecule has 0 aliphatic rings. The molecule has 2 rings (SSSR count). The standard InChI is InChI=1S/C23H32N2O6/c1-16(2)15-21(28)18-6-8-19(9-7-18)25(17(3)27)24-12-4-5-20-10-11-22(31-20)23(29)30-14-13-26/h6-11,16,21,24,26,28H,4-5,12-15H2,1-3H3. The fourth-order valence-electron chi connectivity index (χ4n) is 3.10. The highest BCUT2D eigenvalue weighted by molar-refractivity contribution is 5.90. The van der Waals surface area contributed by atoms with Crippen LogP contribution in [-0.4, -0.2) is 41.8 Å². The van der Waals surface area contributed by atoms with Gasteiger partial charge in [-0.05, 0) is 48.6 Å². The van der Waals surface area contributed by atoms with Crippen LogP contribution in [0.2, 0.25) is 0 Å². The number of anilines is 1. The van der Waals surface area contributed by atoms with Crippen LogP contribution in [0.3, 0.4) is 0 Å². The first-order chi connectivity index (χ1) is 14.8. The summed E-state index contributed by atoms with van der Waals surface area (Å²) < 4.78 is 10.3. The van der Waals surface area contributed by atoms with Gasteiger partial charge in [-0.2, -0.15) is 0 Å². The normalized spacial score (nSPS) is 12.1. The first-order valence-corrected chi connectivity index (χ1v) is 10.5. The molecule has 0 fully saturated rings. The third kappa shape index (κ3) is 7.82. The Balaban J connectivity index is 1.86. The molecule has 0 bridgehead atoms. The first kappa shape index (κ1) is 24.6. The van der Waals surface area contributed by atoms with Crippen molar-refractivity contribution >= 4 is 17.6 Å². The number of furan rings is 1.